The molecule has 0 aliphatic rings. The van der Waals surface area contributed by atoms with E-state index in [1.54, 1.807) is 11.3 Å². The van der Waals surface area contributed by atoms with E-state index in [4.69, 9.17) is 9.26 Å². The molecule has 9 heteroatoms. The largest absolute Gasteiger partial charge is 0.456 e. The molecule has 0 aliphatic heterocycles. The molecule has 0 atom stereocenters. The van der Waals surface area contributed by atoms with Crippen LogP contribution in [-0.2, 0) is 22.6 Å². The van der Waals surface area contributed by atoms with E-state index in [2.05, 4.69) is 20.2 Å². The van der Waals surface area contributed by atoms with Crippen molar-refractivity contribution in [3.05, 3.63) is 51.4 Å². The molecule has 0 saturated heterocycles. The molecule has 28 heavy (non-hydrogen) atoms. The van der Waals surface area contributed by atoms with Crippen molar-refractivity contribution >= 4 is 23.0 Å². The molecule has 0 fully saturated rings. The van der Waals surface area contributed by atoms with Crippen LogP contribution in [0, 0.1) is 20.8 Å². The van der Waals surface area contributed by atoms with Crippen LogP contribution in [0.2, 0.25) is 0 Å². The van der Waals surface area contributed by atoms with Gasteiger partial charge in [-0.2, -0.15) is 21.4 Å². The van der Waals surface area contributed by atoms with E-state index < -0.39 is 0 Å². The molecule has 0 spiro atoms. The Kier molecular flexibility index (Phi) is 4.91. The van der Waals surface area contributed by atoms with E-state index in [0.29, 0.717) is 12.2 Å². The smallest absolute Gasteiger partial charge is 0.306 e. The summed E-state index contributed by atoms with van der Waals surface area (Å²) >= 11 is 1.55. The number of thiophene rings is 1. The SMILES string of the molecule is Cc1cc2nc(C)c(CCC(=O)OCc3nc(-c4ccsc4)no3)c(C)n2n1. The third-order valence-corrected chi connectivity index (χ3v) is 5.15. The van der Waals surface area contributed by atoms with Crippen LogP contribution in [0.4, 0.5) is 0 Å². The fourth-order valence-electron chi connectivity index (χ4n) is 3.07. The molecule has 0 aromatic carbocycles. The minimum atomic E-state index is -0.328. The summed E-state index contributed by atoms with van der Waals surface area (Å²) in [6.07, 6.45) is 0.767. The molecule has 4 aromatic rings. The number of aryl methyl sites for hydroxylation is 3. The summed E-state index contributed by atoms with van der Waals surface area (Å²) in [5.74, 6) is 0.440. The Morgan fingerprint density at radius 3 is 2.93 bits per heavy atom. The molecule has 8 nitrogen and oxygen atoms in total. The molecule has 0 aliphatic carbocycles. The molecule has 4 heterocycles. The summed E-state index contributed by atoms with van der Waals surface area (Å²) in [7, 11) is 0. The molecule has 0 saturated carbocycles. The first-order valence-corrected chi connectivity index (χ1v) is 9.79. The van der Waals surface area contributed by atoms with Crippen LogP contribution in [-0.4, -0.2) is 30.7 Å². The van der Waals surface area contributed by atoms with Crippen LogP contribution in [0.1, 0.15) is 35.0 Å². The van der Waals surface area contributed by atoms with Crippen molar-refractivity contribution in [2.45, 2.75) is 40.2 Å². The first kappa shape index (κ1) is 18.3. The summed E-state index contributed by atoms with van der Waals surface area (Å²) in [6.45, 7) is 5.82. The van der Waals surface area contributed by atoms with Gasteiger partial charge in [-0.15, -0.1) is 0 Å². The maximum absolute atomic E-state index is 12.2. The van der Waals surface area contributed by atoms with E-state index in [9.17, 15) is 4.79 Å². The number of nitrogens with zero attached hydrogens (tertiary/aromatic N) is 5. The van der Waals surface area contributed by atoms with Gasteiger partial charge in [0.25, 0.3) is 5.89 Å². The zero-order valence-electron chi connectivity index (χ0n) is 15.8. The number of rotatable bonds is 6. The van der Waals surface area contributed by atoms with Crippen molar-refractivity contribution in [1.82, 2.24) is 24.7 Å². The number of ether oxygens (including phenoxy) is 1. The predicted molar refractivity (Wildman–Crippen MR) is 103 cm³/mol. The van der Waals surface area contributed by atoms with Crippen LogP contribution in [0.5, 0.6) is 0 Å². The predicted octanol–water partition coefficient (Wildman–Crippen LogP) is 3.44. The van der Waals surface area contributed by atoms with E-state index in [1.807, 2.05) is 48.2 Å². The zero-order valence-corrected chi connectivity index (χ0v) is 16.6. The third kappa shape index (κ3) is 3.65. The Labute approximate surface area is 165 Å². The Bertz CT molecular complexity index is 1130. The molecular weight excluding hydrogens is 378 g/mol. The topological polar surface area (TPSA) is 95.4 Å². The Morgan fingerprint density at radius 2 is 2.14 bits per heavy atom. The van der Waals surface area contributed by atoms with E-state index in [0.717, 1.165) is 33.9 Å². The van der Waals surface area contributed by atoms with E-state index >= 15 is 0 Å². The fourth-order valence-corrected chi connectivity index (χ4v) is 3.70. The highest BCUT2D eigenvalue weighted by molar-refractivity contribution is 7.08. The summed E-state index contributed by atoms with van der Waals surface area (Å²) in [5.41, 5.74) is 5.50. The highest BCUT2D eigenvalue weighted by Gasteiger charge is 2.15. The van der Waals surface area contributed by atoms with Gasteiger partial charge in [0.15, 0.2) is 12.3 Å². The second kappa shape index (κ2) is 7.51. The molecule has 144 valence electrons. The average Bonchev–Trinajstić information content (AvgIpc) is 3.39. The van der Waals surface area contributed by atoms with Gasteiger partial charge in [0.1, 0.15) is 0 Å². The quantitative estimate of drug-likeness (QED) is 0.460. The van der Waals surface area contributed by atoms with Crippen LogP contribution in [0.3, 0.4) is 0 Å². The highest BCUT2D eigenvalue weighted by Crippen LogP contribution is 2.19. The van der Waals surface area contributed by atoms with Gasteiger partial charge in [-0.05, 0) is 44.2 Å². The van der Waals surface area contributed by atoms with Gasteiger partial charge in [0, 0.05) is 34.8 Å². The monoisotopic (exact) mass is 397 g/mol. The van der Waals surface area contributed by atoms with Crippen LogP contribution >= 0.6 is 11.3 Å². The van der Waals surface area contributed by atoms with Gasteiger partial charge in [-0.3, -0.25) is 4.79 Å². The summed E-state index contributed by atoms with van der Waals surface area (Å²) in [4.78, 5) is 21.0. The molecule has 0 bridgehead atoms. The first-order chi connectivity index (χ1) is 13.5. The number of fused-ring (bicyclic) bond motifs is 1. The first-order valence-electron chi connectivity index (χ1n) is 8.84. The van der Waals surface area contributed by atoms with Crippen molar-refractivity contribution in [3.63, 3.8) is 0 Å². The van der Waals surface area contributed by atoms with Gasteiger partial charge < -0.3 is 9.26 Å². The van der Waals surface area contributed by atoms with E-state index in [-0.39, 0.29) is 24.9 Å². The maximum Gasteiger partial charge on any atom is 0.306 e. The lowest BCUT2D eigenvalue weighted by Crippen LogP contribution is -2.10. The number of esters is 1. The summed E-state index contributed by atoms with van der Waals surface area (Å²) in [5, 5.41) is 12.2. The van der Waals surface area contributed by atoms with Gasteiger partial charge in [-0.1, -0.05) is 5.16 Å². The molecule has 4 aromatic heterocycles. The Hall–Kier alpha value is -3.07. The van der Waals surface area contributed by atoms with Crippen molar-refractivity contribution in [3.8, 4) is 11.4 Å². The minimum Gasteiger partial charge on any atom is -0.456 e. The minimum absolute atomic E-state index is 0.0381. The lowest BCUT2D eigenvalue weighted by Gasteiger charge is -2.10. The number of hydrogen-bond donors (Lipinski definition) is 0. The zero-order chi connectivity index (χ0) is 19.7. The maximum atomic E-state index is 12.2. The van der Waals surface area contributed by atoms with Crippen molar-refractivity contribution in [2.24, 2.45) is 0 Å². The third-order valence-electron chi connectivity index (χ3n) is 4.47. The molecule has 0 radical (unpaired) electrons. The second-order valence-electron chi connectivity index (χ2n) is 6.50. The Balaban J connectivity index is 1.37. The van der Waals surface area contributed by atoms with Crippen molar-refractivity contribution in [1.29, 1.82) is 0 Å². The number of aromatic nitrogens is 5. The molecule has 0 N–H and O–H groups in total. The molecule has 0 amide bonds. The van der Waals surface area contributed by atoms with Crippen LogP contribution < -0.4 is 0 Å². The number of carbonyl (C=O) groups is 1. The van der Waals surface area contributed by atoms with Gasteiger partial charge >= 0.3 is 5.97 Å². The summed E-state index contributed by atoms with van der Waals surface area (Å²) < 4.78 is 12.2. The molecule has 4 rings (SSSR count). The Morgan fingerprint density at radius 1 is 1.29 bits per heavy atom. The van der Waals surface area contributed by atoms with Gasteiger partial charge in [-0.25, -0.2) is 9.50 Å². The van der Waals surface area contributed by atoms with Crippen LogP contribution in [0.15, 0.2) is 27.4 Å². The average molecular weight is 397 g/mol. The second-order valence-corrected chi connectivity index (χ2v) is 7.28. The van der Waals surface area contributed by atoms with Gasteiger partial charge in [0.05, 0.1) is 5.69 Å². The number of carbonyl (C=O) groups excluding carboxylic acids is 1. The normalized spacial score (nSPS) is 11.2. The highest BCUT2D eigenvalue weighted by atomic mass is 32.1. The lowest BCUT2D eigenvalue weighted by molar-refractivity contribution is -0.145. The van der Waals surface area contributed by atoms with Crippen LogP contribution in [0.25, 0.3) is 17.0 Å². The summed E-state index contributed by atoms with van der Waals surface area (Å²) in [6, 6.07) is 3.84. The lowest BCUT2D eigenvalue weighted by atomic mass is 10.1. The fraction of sp³-hybridized carbons (Fsp3) is 0.316. The number of hydrogen-bond acceptors (Lipinski definition) is 8. The van der Waals surface area contributed by atoms with E-state index in [1.165, 1.54) is 0 Å². The van der Waals surface area contributed by atoms with Crippen molar-refractivity contribution < 1.29 is 14.1 Å². The van der Waals surface area contributed by atoms with Crippen molar-refractivity contribution in [2.75, 3.05) is 0 Å². The van der Waals surface area contributed by atoms with Gasteiger partial charge in [0.2, 0.25) is 5.82 Å². The standard InChI is InChI=1S/C19H19N5O3S/c1-11-8-16-20-12(2)15(13(3)24(16)22-11)4-5-18(25)26-9-17-21-19(23-27-17)14-6-7-28-10-14/h6-8,10H,4-5,9H2,1-3H3. The molecular formula is C19H19N5O3S. The molecule has 0 unspecified atom stereocenters.